The molecule has 6 nitrogen and oxygen atoms in total. The molecule has 1 N–H and O–H groups in total. The summed E-state index contributed by atoms with van der Waals surface area (Å²) in [6, 6.07) is 3.26. The summed E-state index contributed by atoms with van der Waals surface area (Å²) in [6.45, 7) is 5.89. The Labute approximate surface area is 154 Å². The lowest BCUT2D eigenvalue weighted by Crippen LogP contribution is -2.32. The Balaban J connectivity index is 1.93. The van der Waals surface area contributed by atoms with Crippen molar-refractivity contribution in [1.29, 1.82) is 0 Å². The molecule has 0 bridgehead atoms. The van der Waals surface area contributed by atoms with Gasteiger partial charge in [0.2, 0.25) is 15.9 Å². The van der Waals surface area contributed by atoms with Gasteiger partial charge in [-0.1, -0.05) is 38.5 Å². The molecule has 2 heterocycles. The SMILES string of the molecule is CC(C)CNC(=O)CSc1ccc(S(=O)(=O)N2CCCCCC2)cn1. The number of nitrogens with one attached hydrogen (secondary N) is 1. The standard InChI is InChI=1S/C17H27N3O3S2/c1-14(2)11-18-16(21)13-24-17-8-7-15(12-19-17)25(22,23)20-9-5-3-4-6-10-20/h7-8,12,14H,3-6,9-11,13H2,1-2H3,(H,18,21). The van der Waals surface area contributed by atoms with E-state index in [0.717, 1.165) is 25.7 Å². The minimum absolute atomic E-state index is 0.0400. The van der Waals surface area contributed by atoms with Crippen LogP contribution in [0.3, 0.4) is 0 Å². The van der Waals surface area contributed by atoms with Crippen LogP contribution in [0.15, 0.2) is 28.3 Å². The van der Waals surface area contributed by atoms with Crippen LogP contribution in [0.1, 0.15) is 39.5 Å². The lowest BCUT2D eigenvalue weighted by molar-refractivity contribution is -0.118. The fraction of sp³-hybridized carbons (Fsp3) is 0.647. The molecule has 0 spiro atoms. The molecular weight excluding hydrogens is 358 g/mol. The van der Waals surface area contributed by atoms with Crippen LogP contribution >= 0.6 is 11.8 Å². The molecule has 25 heavy (non-hydrogen) atoms. The molecule has 1 aromatic heterocycles. The highest BCUT2D eigenvalue weighted by Gasteiger charge is 2.25. The molecule has 0 radical (unpaired) electrons. The summed E-state index contributed by atoms with van der Waals surface area (Å²) in [5, 5.41) is 3.49. The van der Waals surface area contributed by atoms with E-state index in [0.29, 0.717) is 30.6 Å². The maximum absolute atomic E-state index is 12.7. The van der Waals surface area contributed by atoms with Crippen LogP contribution in [-0.2, 0) is 14.8 Å². The topological polar surface area (TPSA) is 79.4 Å². The van der Waals surface area contributed by atoms with Crippen LogP contribution in [0.25, 0.3) is 0 Å². The number of nitrogens with zero attached hydrogens (tertiary/aromatic N) is 2. The number of pyridine rings is 1. The molecule has 8 heteroatoms. The molecule has 0 unspecified atom stereocenters. The summed E-state index contributed by atoms with van der Waals surface area (Å²) in [4.78, 5) is 16.2. The first-order valence-electron chi connectivity index (χ1n) is 8.75. The number of rotatable bonds is 7. The second kappa shape index (κ2) is 9.54. The quantitative estimate of drug-likeness (QED) is 0.730. The monoisotopic (exact) mass is 385 g/mol. The first-order chi connectivity index (χ1) is 11.9. The Hall–Kier alpha value is -1.12. The number of hydrogen-bond acceptors (Lipinski definition) is 5. The largest absolute Gasteiger partial charge is 0.355 e. The highest BCUT2D eigenvalue weighted by atomic mass is 32.2. The minimum Gasteiger partial charge on any atom is -0.355 e. The number of aromatic nitrogens is 1. The molecule has 1 fully saturated rings. The summed E-state index contributed by atoms with van der Waals surface area (Å²) in [5.74, 6) is 0.648. The molecule has 1 amide bonds. The third-order valence-corrected chi connectivity index (χ3v) is 6.80. The summed E-state index contributed by atoms with van der Waals surface area (Å²) < 4.78 is 26.9. The molecule has 0 aliphatic carbocycles. The Bertz CT molecular complexity index is 652. The summed E-state index contributed by atoms with van der Waals surface area (Å²) in [6.07, 6.45) is 5.38. The fourth-order valence-electron chi connectivity index (χ4n) is 2.54. The number of carbonyl (C=O) groups excluding carboxylic acids is 1. The summed E-state index contributed by atoms with van der Waals surface area (Å²) >= 11 is 1.31. The van der Waals surface area contributed by atoms with Crippen molar-refractivity contribution in [3.05, 3.63) is 18.3 Å². The number of sulfonamides is 1. The van der Waals surface area contributed by atoms with Gasteiger partial charge in [0.1, 0.15) is 4.90 Å². The van der Waals surface area contributed by atoms with E-state index >= 15 is 0 Å². The van der Waals surface area contributed by atoms with Gasteiger partial charge in [-0.25, -0.2) is 13.4 Å². The van der Waals surface area contributed by atoms with Gasteiger partial charge in [0.05, 0.1) is 10.8 Å². The Kier molecular flexibility index (Phi) is 7.71. The molecule has 0 atom stereocenters. The minimum atomic E-state index is -3.47. The molecule has 1 aromatic rings. The van der Waals surface area contributed by atoms with Crippen molar-refractivity contribution in [2.75, 3.05) is 25.4 Å². The molecule has 0 saturated carbocycles. The molecule has 1 saturated heterocycles. The Morgan fingerprint density at radius 2 is 1.92 bits per heavy atom. The first-order valence-corrected chi connectivity index (χ1v) is 11.2. The normalized spacial score (nSPS) is 16.6. The van der Waals surface area contributed by atoms with Gasteiger partial charge in [-0.2, -0.15) is 4.31 Å². The van der Waals surface area contributed by atoms with Crippen molar-refractivity contribution in [2.24, 2.45) is 5.92 Å². The predicted molar refractivity (Wildman–Crippen MR) is 100 cm³/mol. The molecule has 2 rings (SSSR count). The maximum atomic E-state index is 12.7. The highest BCUT2D eigenvalue weighted by molar-refractivity contribution is 7.99. The van der Waals surface area contributed by atoms with Gasteiger partial charge >= 0.3 is 0 Å². The lowest BCUT2D eigenvalue weighted by atomic mass is 10.2. The van der Waals surface area contributed by atoms with Gasteiger partial charge in [-0.15, -0.1) is 0 Å². The van der Waals surface area contributed by atoms with Crippen LogP contribution in [0.5, 0.6) is 0 Å². The average Bonchev–Trinajstić information content (AvgIpc) is 2.88. The number of thioether (sulfide) groups is 1. The average molecular weight is 386 g/mol. The van der Waals surface area contributed by atoms with Crippen LogP contribution < -0.4 is 5.32 Å². The van der Waals surface area contributed by atoms with Gasteiger partial charge in [-0.05, 0) is 30.9 Å². The van der Waals surface area contributed by atoms with Crippen molar-refractivity contribution in [3.8, 4) is 0 Å². The van der Waals surface area contributed by atoms with Gasteiger partial charge in [0, 0.05) is 25.8 Å². The third kappa shape index (κ3) is 6.27. The molecule has 140 valence electrons. The van der Waals surface area contributed by atoms with E-state index in [9.17, 15) is 13.2 Å². The predicted octanol–water partition coefficient (Wildman–Crippen LogP) is 2.51. The first kappa shape index (κ1) is 20.2. The van der Waals surface area contributed by atoms with E-state index in [-0.39, 0.29) is 16.6 Å². The van der Waals surface area contributed by atoms with E-state index in [1.54, 1.807) is 16.4 Å². The van der Waals surface area contributed by atoms with Crippen molar-refractivity contribution in [3.63, 3.8) is 0 Å². The zero-order valence-corrected chi connectivity index (χ0v) is 16.5. The van der Waals surface area contributed by atoms with E-state index < -0.39 is 10.0 Å². The highest BCUT2D eigenvalue weighted by Crippen LogP contribution is 2.22. The molecular formula is C17H27N3O3S2. The maximum Gasteiger partial charge on any atom is 0.244 e. The molecule has 1 aliphatic heterocycles. The fourth-order valence-corrected chi connectivity index (χ4v) is 4.68. The van der Waals surface area contributed by atoms with Gasteiger partial charge in [-0.3, -0.25) is 4.79 Å². The van der Waals surface area contributed by atoms with Gasteiger partial charge < -0.3 is 5.32 Å². The second-order valence-corrected chi connectivity index (χ2v) is 9.57. The lowest BCUT2D eigenvalue weighted by Gasteiger charge is -2.19. The number of hydrogen-bond donors (Lipinski definition) is 1. The molecule has 0 aromatic carbocycles. The van der Waals surface area contributed by atoms with Crippen molar-refractivity contribution >= 4 is 27.7 Å². The van der Waals surface area contributed by atoms with E-state index in [1.165, 1.54) is 18.0 Å². The van der Waals surface area contributed by atoms with Crippen LogP contribution in [0, 0.1) is 5.92 Å². The third-order valence-electron chi connectivity index (χ3n) is 3.97. The van der Waals surface area contributed by atoms with Crippen molar-refractivity contribution in [2.45, 2.75) is 49.5 Å². The van der Waals surface area contributed by atoms with Crippen LogP contribution in [-0.4, -0.2) is 49.0 Å². The zero-order valence-electron chi connectivity index (χ0n) is 14.9. The van der Waals surface area contributed by atoms with Gasteiger partial charge in [0.25, 0.3) is 0 Å². The van der Waals surface area contributed by atoms with E-state index in [2.05, 4.69) is 10.3 Å². The van der Waals surface area contributed by atoms with Crippen LogP contribution in [0.4, 0.5) is 0 Å². The van der Waals surface area contributed by atoms with Crippen molar-refractivity contribution < 1.29 is 13.2 Å². The number of carbonyl (C=O) groups is 1. The Morgan fingerprint density at radius 3 is 2.48 bits per heavy atom. The zero-order chi connectivity index (χ0) is 18.3. The Morgan fingerprint density at radius 1 is 1.24 bits per heavy atom. The summed E-state index contributed by atoms with van der Waals surface area (Å²) in [5.41, 5.74) is 0. The van der Waals surface area contributed by atoms with Crippen LogP contribution in [0.2, 0.25) is 0 Å². The molecule has 1 aliphatic rings. The number of amides is 1. The summed E-state index contributed by atoms with van der Waals surface area (Å²) in [7, 11) is -3.47. The second-order valence-electron chi connectivity index (χ2n) is 6.64. The van der Waals surface area contributed by atoms with E-state index in [4.69, 9.17) is 0 Å². The smallest absolute Gasteiger partial charge is 0.244 e. The van der Waals surface area contributed by atoms with Gasteiger partial charge in [0.15, 0.2) is 0 Å². The van der Waals surface area contributed by atoms with E-state index in [1.807, 2.05) is 13.8 Å². The van der Waals surface area contributed by atoms with Crippen molar-refractivity contribution in [1.82, 2.24) is 14.6 Å².